The van der Waals surface area contributed by atoms with Crippen molar-refractivity contribution in [3.05, 3.63) is 22.1 Å². The predicted molar refractivity (Wildman–Crippen MR) is 46.6 cm³/mol. The van der Waals surface area contributed by atoms with Gasteiger partial charge in [0.15, 0.2) is 5.58 Å². The van der Waals surface area contributed by atoms with E-state index in [1.807, 2.05) is 6.92 Å². The summed E-state index contributed by atoms with van der Waals surface area (Å²) in [6.07, 6.45) is 0. The number of hydrogen-bond donors (Lipinski definition) is 0. The number of halogens is 2. The van der Waals surface area contributed by atoms with Crippen molar-refractivity contribution in [2.45, 2.75) is 6.92 Å². The van der Waals surface area contributed by atoms with Crippen LogP contribution in [0.15, 0.2) is 10.5 Å². The van der Waals surface area contributed by atoms with Crippen LogP contribution < -0.4 is 0 Å². The second-order valence-corrected chi connectivity index (χ2v) is 3.09. The van der Waals surface area contributed by atoms with Gasteiger partial charge in [-0.2, -0.15) is 4.98 Å². The molecule has 0 saturated carbocycles. The summed E-state index contributed by atoms with van der Waals surface area (Å²) < 4.78 is 5.09. The highest BCUT2D eigenvalue weighted by Gasteiger charge is 2.08. The molecule has 62 valence electrons. The maximum Gasteiger partial charge on any atom is 0.294 e. The normalized spacial score (nSPS) is 10.9. The standard InChI is InChI=1S/C7H4Cl2N2O/c1-3-2-4(8)10-6-5(3)12-7(9)11-6/h2H,1H3. The molecule has 2 heterocycles. The molecule has 2 aromatic rings. The number of fused-ring (bicyclic) bond motifs is 1. The molecule has 0 aliphatic heterocycles. The van der Waals surface area contributed by atoms with Gasteiger partial charge in [-0.15, -0.1) is 0 Å². The van der Waals surface area contributed by atoms with Crippen molar-refractivity contribution in [2.24, 2.45) is 0 Å². The van der Waals surface area contributed by atoms with E-state index in [2.05, 4.69) is 9.97 Å². The van der Waals surface area contributed by atoms with E-state index in [-0.39, 0.29) is 5.35 Å². The largest absolute Gasteiger partial charge is 0.426 e. The van der Waals surface area contributed by atoms with Gasteiger partial charge >= 0.3 is 0 Å². The Bertz CT molecular complexity index is 438. The Kier molecular flexibility index (Phi) is 1.70. The first-order chi connectivity index (χ1) is 5.66. The lowest BCUT2D eigenvalue weighted by Gasteiger charge is -1.92. The Balaban J connectivity index is 2.88. The minimum Gasteiger partial charge on any atom is -0.426 e. The highest BCUT2D eigenvalue weighted by molar-refractivity contribution is 6.30. The van der Waals surface area contributed by atoms with Crippen molar-refractivity contribution in [3.8, 4) is 0 Å². The van der Waals surface area contributed by atoms with Gasteiger partial charge < -0.3 is 4.42 Å². The molecule has 0 saturated heterocycles. The van der Waals surface area contributed by atoms with Crippen LogP contribution in [0.1, 0.15) is 5.56 Å². The molecule has 0 fully saturated rings. The molecule has 5 heteroatoms. The maximum absolute atomic E-state index is 5.70. The van der Waals surface area contributed by atoms with Crippen molar-refractivity contribution in [2.75, 3.05) is 0 Å². The van der Waals surface area contributed by atoms with Gasteiger partial charge in [-0.3, -0.25) is 0 Å². The SMILES string of the molecule is Cc1cc(Cl)nc2nc(Cl)oc12. The molecule has 0 aliphatic carbocycles. The van der Waals surface area contributed by atoms with Crippen LogP contribution in [0.25, 0.3) is 11.2 Å². The third-order valence-corrected chi connectivity index (χ3v) is 1.84. The van der Waals surface area contributed by atoms with Crippen LogP contribution in [-0.2, 0) is 0 Å². The van der Waals surface area contributed by atoms with Gasteiger partial charge in [0.1, 0.15) is 5.15 Å². The number of pyridine rings is 1. The zero-order chi connectivity index (χ0) is 8.72. The van der Waals surface area contributed by atoms with Crippen LogP contribution in [0.4, 0.5) is 0 Å². The molecule has 0 aliphatic rings. The Morgan fingerprint density at radius 3 is 2.83 bits per heavy atom. The van der Waals surface area contributed by atoms with Crippen LogP contribution in [-0.4, -0.2) is 9.97 Å². The summed E-state index contributed by atoms with van der Waals surface area (Å²) in [5.41, 5.74) is 1.92. The van der Waals surface area contributed by atoms with Gasteiger partial charge in [-0.05, 0) is 30.2 Å². The first-order valence-electron chi connectivity index (χ1n) is 3.26. The summed E-state index contributed by atoms with van der Waals surface area (Å²) in [5, 5.41) is 0.479. The minimum atomic E-state index is 0.0860. The van der Waals surface area contributed by atoms with Crippen molar-refractivity contribution in [1.29, 1.82) is 0 Å². The maximum atomic E-state index is 5.70. The predicted octanol–water partition coefficient (Wildman–Crippen LogP) is 2.84. The van der Waals surface area contributed by atoms with Gasteiger partial charge in [0.2, 0.25) is 5.65 Å². The summed E-state index contributed by atoms with van der Waals surface area (Å²) in [6, 6.07) is 1.70. The highest BCUT2D eigenvalue weighted by Crippen LogP contribution is 2.22. The Morgan fingerprint density at radius 1 is 1.33 bits per heavy atom. The molecule has 0 radical (unpaired) electrons. The lowest BCUT2D eigenvalue weighted by Crippen LogP contribution is -1.80. The Hall–Kier alpha value is -0.800. The summed E-state index contributed by atoms with van der Waals surface area (Å²) in [5.74, 6) is 0. The second-order valence-electron chi connectivity index (χ2n) is 2.38. The fourth-order valence-electron chi connectivity index (χ4n) is 0.997. The zero-order valence-electron chi connectivity index (χ0n) is 6.14. The fourth-order valence-corrected chi connectivity index (χ4v) is 1.40. The van der Waals surface area contributed by atoms with E-state index in [9.17, 15) is 0 Å². The van der Waals surface area contributed by atoms with Crippen LogP contribution in [0.5, 0.6) is 0 Å². The quantitative estimate of drug-likeness (QED) is 0.618. The van der Waals surface area contributed by atoms with E-state index in [0.29, 0.717) is 16.4 Å². The smallest absolute Gasteiger partial charge is 0.294 e. The molecule has 0 aromatic carbocycles. The Labute approximate surface area is 78.3 Å². The summed E-state index contributed by atoms with van der Waals surface area (Å²) in [4.78, 5) is 7.77. The fraction of sp³-hybridized carbons (Fsp3) is 0.143. The molecular formula is C7H4Cl2N2O. The third kappa shape index (κ3) is 1.15. The van der Waals surface area contributed by atoms with Gasteiger partial charge in [0.25, 0.3) is 5.35 Å². The number of aryl methyl sites for hydroxylation is 1. The first-order valence-corrected chi connectivity index (χ1v) is 4.01. The number of hydrogen-bond acceptors (Lipinski definition) is 3. The second kappa shape index (κ2) is 2.61. The molecule has 0 unspecified atom stereocenters. The van der Waals surface area contributed by atoms with Gasteiger partial charge in [0.05, 0.1) is 0 Å². The molecule has 0 spiro atoms. The number of aromatic nitrogens is 2. The zero-order valence-corrected chi connectivity index (χ0v) is 7.65. The van der Waals surface area contributed by atoms with Crippen molar-refractivity contribution in [1.82, 2.24) is 9.97 Å². The average Bonchev–Trinajstić information content (AvgIpc) is 2.29. The lowest BCUT2D eigenvalue weighted by atomic mass is 10.3. The number of rotatable bonds is 0. The van der Waals surface area contributed by atoms with Gasteiger partial charge in [-0.1, -0.05) is 11.6 Å². The molecule has 0 N–H and O–H groups in total. The molecule has 12 heavy (non-hydrogen) atoms. The molecule has 2 rings (SSSR count). The van der Waals surface area contributed by atoms with Crippen LogP contribution in [0, 0.1) is 6.92 Å². The summed E-state index contributed by atoms with van der Waals surface area (Å²) in [6.45, 7) is 1.86. The highest BCUT2D eigenvalue weighted by atomic mass is 35.5. The first kappa shape index (κ1) is 7.83. The van der Waals surface area contributed by atoms with E-state index < -0.39 is 0 Å². The van der Waals surface area contributed by atoms with Crippen LogP contribution >= 0.6 is 23.2 Å². The molecular weight excluding hydrogens is 199 g/mol. The van der Waals surface area contributed by atoms with Crippen LogP contribution in [0.3, 0.4) is 0 Å². The van der Waals surface area contributed by atoms with Gasteiger partial charge in [0, 0.05) is 0 Å². The van der Waals surface area contributed by atoms with Crippen molar-refractivity contribution < 1.29 is 4.42 Å². The molecule has 0 atom stereocenters. The molecule has 0 amide bonds. The minimum absolute atomic E-state index is 0.0860. The average molecular weight is 203 g/mol. The van der Waals surface area contributed by atoms with Crippen molar-refractivity contribution in [3.63, 3.8) is 0 Å². The Morgan fingerprint density at radius 2 is 2.08 bits per heavy atom. The van der Waals surface area contributed by atoms with E-state index >= 15 is 0 Å². The number of oxazole rings is 1. The van der Waals surface area contributed by atoms with Crippen molar-refractivity contribution >= 4 is 34.4 Å². The molecule has 2 aromatic heterocycles. The van der Waals surface area contributed by atoms with E-state index in [1.54, 1.807) is 6.07 Å². The van der Waals surface area contributed by atoms with Gasteiger partial charge in [-0.25, -0.2) is 4.98 Å². The number of nitrogens with zero attached hydrogens (tertiary/aromatic N) is 2. The van der Waals surface area contributed by atoms with E-state index in [4.69, 9.17) is 27.6 Å². The molecule has 3 nitrogen and oxygen atoms in total. The van der Waals surface area contributed by atoms with Crippen LogP contribution in [0.2, 0.25) is 10.5 Å². The third-order valence-electron chi connectivity index (χ3n) is 1.49. The lowest BCUT2D eigenvalue weighted by molar-refractivity contribution is 0.602. The topological polar surface area (TPSA) is 38.9 Å². The van der Waals surface area contributed by atoms with E-state index in [1.165, 1.54) is 0 Å². The molecule has 0 bridgehead atoms. The van der Waals surface area contributed by atoms with E-state index in [0.717, 1.165) is 5.56 Å². The summed E-state index contributed by atoms with van der Waals surface area (Å²) in [7, 11) is 0. The summed E-state index contributed by atoms with van der Waals surface area (Å²) >= 11 is 11.2. The monoisotopic (exact) mass is 202 g/mol.